The molecule has 0 amide bonds. The number of benzene rings is 3. The highest BCUT2D eigenvalue weighted by Crippen LogP contribution is 2.41. The summed E-state index contributed by atoms with van der Waals surface area (Å²) in [5.74, 6) is 0. The van der Waals surface area contributed by atoms with Crippen LogP contribution in [0.4, 0.5) is 0 Å². The maximum absolute atomic E-state index is 3.55. The van der Waals surface area contributed by atoms with E-state index in [1.54, 1.807) is 0 Å². The van der Waals surface area contributed by atoms with Crippen molar-refractivity contribution in [3.8, 4) is 11.1 Å². The Morgan fingerprint density at radius 2 is 1.71 bits per heavy atom. The molecule has 1 heteroatoms. The molecule has 0 atom stereocenters. The third kappa shape index (κ3) is 1.41. The lowest BCUT2D eigenvalue weighted by atomic mass is 10.0. The van der Waals surface area contributed by atoms with E-state index in [0.717, 1.165) is 6.42 Å². The Bertz CT molecular complexity index is 1020. The number of rotatable bonds is 0. The van der Waals surface area contributed by atoms with E-state index in [0.29, 0.717) is 0 Å². The zero-order valence-electron chi connectivity index (χ0n) is 11.9. The molecule has 100 valence electrons. The van der Waals surface area contributed by atoms with Gasteiger partial charge in [0.15, 0.2) is 0 Å². The Morgan fingerprint density at radius 3 is 2.67 bits per heavy atom. The number of aromatic amines is 1. The van der Waals surface area contributed by atoms with Crippen LogP contribution in [0.2, 0.25) is 0 Å². The zero-order valence-corrected chi connectivity index (χ0v) is 11.9. The fourth-order valence-corrected chi connectivity index (χ4v) is 3.72. The van der Waals surface area contributed by atoms with Gasteiger partial charge < -0.3 is 4.98 Å². The van der Waals surface area contributed by atoms with Crippen molar-refractivity contribution in [1.82, 2.24) is 4.98 Å². The lowest BCUT2D eigenvalue weighted by molar-refractivity contribution is 1.22. The summed E-state index contributed by atoms with van der Waals surface area (Å²) in [5.41, 5.74) is 9.63. The minimum absolute atomic E-state index is 1.06. The maximum Gasteiger partial charge on any atom is 0.0468 e. The lowest BCUT2D eigenvalue weighted by Crippen LogP contribution is -1.84. The molecule has 1 nitrogen and oxygen atoms in total. The second-order valence-electron chi connectivity index (χ2n) is 6.00. The third-order valence-electron chi connectivity index (χ3n) is 4.80. The second kappa shape index (κ2) is 3.76. The van der Waals surface area contributed by atoms with E-state index in [9.17, 15) is 0 Å². The summed E-state index contributed by atoms with van der Waals surface area (Å²) in [6, 6.07) is 19.9. The number of fused-ring (bicyclic) bond motifs is 6. The molecule has 1 N–H and O–H groups in total. The van der Waals surface area contributed by atoms with Crippen LogP contribution in [-0.2, 0) is 6.42 Å². The Kier molecular flexibility index (Phi) is 2.00. The smallest absolute Gasteiger partial charge is 0.0468 e. The summed E-state index contributed by atoms with van der Waals surface area (Å²) in [7, 11) is 0. The molecule has 1 aliphatic rings. The van der Waals surface area contributed by atoms with Crippen molar-refractivity contribution in [3.05, 3.63) is 71.3 Å². The average molecular weight is 269 g/mol. The Balaban J connectivity index is 1.90. The van der Waals surface area contributed by atoms with Crippen molar-refractivity contribution in [2.45, 2.75) is 13.3 Å². The van der Waals surface area contributed by atoms with Crippen molar-refractivity contribution in [1.29, 1.82) is 0 Å². The molecule has 0 bridgehead atoms. The van der Waals surface area contributed by atoms with Crippen molar-refractivity contribution < 1.29 is 0 Å². The molecule has 3 aromatic carbocycles. The van der Waals surface area contributed by atoms with E-state index in [1.807, 2.05) is 0 Å². The number of para-hydroxylation sites is 1. The normalized spacial score (nSPS) is 12.8. The average Bonchev–Trinajstić information content (AvgIpc) is 3.04. The van der Waals surface area contributed by atoms with Gasteiger partial charge in [0.1, 0.15) is 0 Å². The highest BCUT2D eigenvalue weighted by molar-refractivity contribution is 6.09. The predicted octanol–water partition coefficient (Wildman–Crippen LogP) is 5.20. The Morgan fingerprint density at radius 1 is 0.810 bits per heavy atom. The monoisotopic (exact) mass is 269 g/mol. The van der Waals surface area contributed by atoms with Gasteiger partial charge in [-0.25, -0.2) is 0 Å². The second-order valence-corrected chi connectivity index (χ2v) is 6.00. The summed E-state index contributed by atoms with van der Waals surface area (Å²) in [5, 5.41) is 2.65. The molecule has 1 aliphatic carbocycles. The molecule has 1 aromatic heterocycles. The minimum atomic E-state index is 1.06. The molecular weight excluding hydrogens is 254 g/mol. The number of H-pyrrole nitrogens is 1. The van der Waals surface area contributed by atoms with Gasteiger partial charge in [-0.05, 0) is 59.4 Å². The molecule has 5 rings (SSSR count). The van der Waals surface area contributed by atoms with E-state index in [-0.39, 0.29) is 0 Å². The topological polar surface area (TPSA) is 15.8 Å². The Hall–Kier alpha value is -2.54. The highest BCUT2D eigenvalue weighted by Gasteiger charge is 2.21. The van der Waals surface area contributed by atoms with Gasteiger partial charge in [-0.1, -0.05) is 36.4 Å². The van der Waals surface area contributed by atoms with Crippen LogP contribution in [0.3, 0.4) is 0 Å². The van der Waals surface area contributed by atoms with Crippen LogP contribution in [-0.4, -0.2) is 4.98 Å². The fraction of sp³-hybridized carbons (Fsp3) is 0.100. The van der Waals surface area contributed by atoms with Gasteiger partial charge in [-0.3, -0.25) is 0 Å². The predicted molar refractivity (Wildman–Crippen MR) is 88.8 cm³/mol. The molecular formula is C20H15N. The van der Waals surface area contributed by atoms with Gasteiger partial charge in [0.05, 0.1) is 0 Å². The molecule has 0 saturated heterocycles. The standard InChI is InChI=1S/C20H15N/c1-12-5-4-7-14-16(12)9-13-10-20-18(11-17(13)14)15-6-2-3-8-19(15)21-20/h2-8,10-11,21H,9H2,1H3. The van der Waals surface area contributed by atoms with Crippen LogP contribution in [0.1, 0.15) is 16.7 Å². The summed E-state index contributed by atoms with van der Waals surface area (Å²) in [4.78, 5) is 3.55. The zero-order chi connectivity index (χ0) is 14.0. The van der Waals surface area contributed by atoms with Gasteiger partial charge in [-0.15, -0.1) is 0 Å². The van der Waals surface area contributed by atoms with E-state index in [2.05, 4.69) is 66.5 Å². The van der Waals surface area contributed by atoms with E-state index in [1.165, 1.54) is 49.6 Å². The highest BCUT2D eigenvalue weighted by atomic mass is 14.7. The number of aromatic nitrogens is 1. The van der Waals surface area contributed by atoms with Gasteiger partial charge in [-0.2, -0.15) is 0 Å². The maximum atomic E-state index is 3.55. The molecule has 21 heavy (non-hydrogen) atoms. The summed E-state index contributed by atoms with van der Waals surface area (Å²) < 4.78 is 0. The van der Waals surface area contributed by atoms with Crippen LogP contribution < -0.4 is 0 Å². The summed E-state index contributed by atoms with van der Waals surface area (Å²) in [6.07, 6.45) is 1.06. The van der Waals surface area contributed by atoms with Gasteiger partial charge in [0.25, 0.3) is 0 Å². The molecule has 1 heterocycles. The molecule has 0 aliphatic heterocycles. The van der Waals surface area contributed by atoms with Crippen LogP contribution in [0, 0.1) is 6.92 Å². The molecule has 4 aromatic rings. The van der Waals surface area contributed by atoms with Crippen molar-refractivity contribution in [2.24, 2.45) is 0 Å². The van der Waals surface area contributed by atoms with Crippen molar-refractivity contribution in [3.63, 3.8) is 0 Å². The molecule has 0 fully saturated rings. The fourth-order valence-electron chi connectivity index (χ4n) is 3.72. The summed E-state index contributed by atoms with van der Waals surface area (Å²) >= 11 is 0. The lowest BCUT2D eigenvalue weighted by Gasteiger charge is -2.03. The van der Waals surface area contributed by atoms with Crippen LogP contribution in [0.15, 0.2) is 54.6 Å². The minimum Gasteiger partial charge on any atom is -0.355 e. The van der Waals surface area contributed by atoms with Gasteiger partial charge in [0, 0.05) is 21.8 Å². The molecule has 0 radical (unpaired) electrons. The quantitative estimate of drug-likeness (QED) is 0.397. The van der Waals surface area contributed by atoms with Crippen LogP contribution in [0.5, 0.6) is 0 Å². The van der Waals surface area contributed by atoms with Crippen LogP contribution >= 0.6 is 0 Å². The number of hydrogen-bond acceptors (Lipinski definition) is 0. The number of hydrogen-bond donors (Lipinski definition) is 1. The van der Waals surface area contributed by atoms with E-state index >= 15 is 0 Å². The van der Waals surface area contributed by atoms with Gasteiger partial charge >= 0.3 is 0 Å². The van der Waals surface area contributed by atoms with E-state index < -0.39 is 0 Å². The van der Waals surface area contributed by atoms with E-state index in [4.69, 9.17) is 0 Å². The summed E-state index contributed by atoms with van der Waals surface area (Å²) in [6.45, 7) is 2.21. The van der Waals surface area contributed by atoms with Crippen molar-refractivity contribution in [2.75, 3.05) is 0 Å². The number of aryl methyl sites for hydroxylation is 1. The molecule has 0 unspecified atom stereocenters. The van der Waals surface area contributed by atoms with Crippen molar-refractivity contribution >= 4 is 21.8 Å². The molecule has 0 spiro atoms. The first-order chi connectivity index (χ1) is 10.3. The molecule has 0 saturated carbocycles. The SMILES string of the molecule is Cc1cccc2c1Cc1cc3[nH]c4ccccc4c3cc1-2. The van der Waals surface area contributed by atoms with Crippen LogP contribution in [0.25, 0.3) is 32.9 Å². The number of nitrogens with one attached hydrogen (secondary N) is 1. The first kappa shape index (κ1) is 11.2. The van der Waals surface area contributed by atoms with Gasteiger partial charge in [0.2, 0.25) is 0 Å². The largest absolute Gasteiger partial charge is 0.355 e. The first-order valence-corrected chi connectivity index (χ1v) is 7.43. The third-order valence-corrected chi connectivity index (χ3v) is 4.80. The first-order valence-electron chi connectivity index (χ1n) is 7.43. The Labute approximate surface area is 123 Å².